The molecule has 3 nitrogen and oxygen atoms in total. The zero-order chi connectivity index (χ0) is 16.9. The number of ether oxygens (including phenoxy) is 2. The second-order valence-corrected chi connectivity index (χ2v) is 7.84. The maximum Gasteiger partial charge on any atom is 0.309 e. The first-order valence-electron chi connectivity index (χ1n) is 7.80. The van der Waals surface area contributed by atoms with E-state index in [9.17, 15) is 4.79 Å². The molecule has 0 saturated heterocycles. The van der Waals surface area contributed by atoms with Crippen molar-refractivity contribution in [2.75, 3.05) is 17.3 Å². The smallest absolute Gasteiger partial charge is 0.309 e. The number of fused-ring (bicyclic) bond motifs is 2. The molecule has 3 rings (SSSR count). The van der Waals surface area contributed by atoms with Gasteiger partial charge in [-0.3, -0.25) is 4.79 Å². The Hall–Kier alpha value is -1.21. The van der Waals surface area contributed by atoms with Crippen molar-refractivity contribution in [2.45, 2.75) is 18.3 Å². The minimum absolute atomic E-state index is 0.221. The number of alkyl halides is 1. The predicted molar refractivity (Wildman–Crippen MR) is 106 cm³/mol. The first-order valence-corrected chi connectivity index (χ1v) is 10.4. The number of carbonyl (C=O) groups is 1. The van der Waals surface area contributed by atoms with E-state index in [0.717, 1.165) is 27.1 Å². The van der Waals surface area contributed by atoms with Crippen LogP contribution in [-0.4, -0.2) is 23.3 Å². The standard InChI is InChI=1S/C19H19IO3S/c1-22-18(21)11-13-6-7-17-16(10-13)19(24-9-8-20)15-5-3-2-4-14(15)12-23-17/h2-7,10,19H,8-9,11-12H2,1H3. The van der Waals surface area contributed by atoms with E-state index in [0.29, 0.717) is 6.61 Å². The quantitative estimate of drug-likeness (QED) is 0.377. The maximum absolute atomic E-state index is 11.6. The summed E-state index contributed by atoms with van der Waals surface area (Å²) in [5.41, 5.74) is 4.65. The van der Waals surface area contributed by atoms with Gasteiger partial charge in [0.2, 0.25) is 0 Å². The van der Waals surface area contributed by atoms with E-state index >= 15 is 0 Å². The monoisotopic (exact) mass is 454 g/mol. The summed E-state index contributed by atoms with van der Waals surface area (Å²) in [5, 5.41) is 0.228. The van der Waals surface area contributed by atoms with Gasteiger partial charge in [0, 0.05) is 15.7 Å². The number of carbonyl (C=O) groups excluding carboxylic acids is 1. The molecule has 0 aromatic heterocycles. The molecule has 24 heavy (non-hydrogen) atoms. The lowest BCUT2D eigenvalue weighted by Crippen LogP contribution is -2.06. The summed E-state index contributed by atoms with van der Waals surface area (Å²) in [5.74, 6) is 1.76. The lowest BCUT2D eigenvalue weighted by molar-refractivity contribution is -0.139. The molecular formula is C19H19IO3S. The molecule has 0 saturated carbocycles. The second kappa shape index (κ2) is 8.25. The molecule has 126 valence electrons. The zero-order valence-electron chi connectivity index (χ0n) is 13.5. The molecule has 5 heteroatoms. The number of hydrogen-bond donors (Lipinski definition) is 0. The third kappa shape index (κ3) is 3.88. The Morgan fingerprint density at radius 3 is 2.92 bits per heavy atom. The molecule has 1 atom stereocenters. The van der Waals surface area contributed by atoms with Crippen molar-refractivity contribution in [3.8, 4) is 5.75 Å². The summed E-state index contributed by atoms with van der Waals surface area (Å²) < 4.78 is 11.9. The molecule has 1 aliphatic heterocycles. The zero-order valence-corrected chi connectivity index (χ0v) is 16.4. The Bertz CT molecular complexity index is 732. The molecular weight excluding hydrogens is 435 g/mol. The van der Waals surface area contributed by atoms with Gasteiger partial charge in [-0.25, -0.2) is 0 Å². The molecule has 0 amide bonds. The van der Waals surface area contributed by atoms with E-state index in [1.807, 2.05) is 23.9 Å². The van der Waals surface area contributed by atoms with Crippen molar-refractivity contribution in [3.05, 3.63) is 64.7 Å². The Kier molecular flexibility index (Phi) is 6.05. The van der Waals surface area contributed by atoms with E-state index in [1.54, 1.807) is 0 Å². The second-order valence-electron chi connectivity index (χ2n) is 5.55. The SMILES string of the molecule is COC(=O)Cc1ccc2c(c1)C(SCCI)c1ccccc1CO2. The summed E-state index contributed by atoms with van der Waals surface area (Å²) in [6.45, 7) is 0.584. The predicted octanol–water partition coefficient (Wildman–Crippen LogP) is 4.55. The van der Waals surface area contributed by atoms with Crippen molar-refractivity contribution in [3.63, 3.8) is 0 Å². The third-order valence-corrected chi connectivity index (χ3v) is 6.57. The highest BCUT2D eigenvalue weighted by atomic mass is 127. The molecule has 1 unspecified atom stereocenters. The van der Waals surface area contributed by atoms with Crippen LogP contribution < -0.4 is 4.74 Å². The topological polar surface area (TPSA) is 35.5 Å². The van der Waals surface area contributed by atoms with Gasteiger partial charge in [-0.05, 0) is 22.8 Å². The number of thioether (sulfide) groups is 1. The molecule has 0 spiro atoms. The summed E-state index contributed by atoms with van der Waals surface area (Å²) >= 11 is 4.33. The van der Waals surface area contributed by atoms with Gasteiger partial charge in [-0.15, -0.1) is 11.8 Å². The summed E-state index contributed by atoms with van der Waals surface area (Å²) in [6, 6.07) is 14.5. The number of hydrogen-bond acceptors (Lipinski definition) is 4. The van der Waals surface area contributed by atoms with Gasteiger partial charge in [0.1, 0.15) is 12.4 Å². The fourth-order valence-corrected chi connectivity index (χ4v) is 4.73. The number of rotatable bonds is 5. The van der Waals surface area contributed by atoms with Crippen LogP contribution in [0, 0.1) is 0 Å². The molecule has 0 fully saturated rings. The highest BCUT2D eigenvalue weighted by molar-refractivity contribution is 14.1. The molecule has 1 aliphatic rings. The van der Waals surface area contributed by atoms with E-state index in [-0.39, 0.29) is 17.6 Å². The van der Waals surface area contributed by atoms with Crippen LogP contribution in [0.2, 0.25) is 0 Å². The number of esters is 1. The fourth-order valence-electron chi connectivity index (χ4n) is 2.87. The van der Waals surface area contributed by atoms with Crippen LogP contribution in [0.25, 0.3) is 0 Å². The van der Waals surface area contributed by atoms with Crippen molar-refractivity contribution < 1.29 is 14.3 Å². The molecule has 0 radical (unpaired) electrons. The Morgan fingerprint density at radius 1 is 1.29 bits per heavy atom. The molecule has 0 aliphatic carbocycles. The number of halogens is 1. The van der Waals surface area contributed by atoms with Gasteiger partial charge in [0.15, 0.2) is 0 Å². The Labute approximate surface area is 160 Å². The van der Waals surface area contributed by atoms with Crippen LogP contribution in [0.3, 0.4) is 0 Å². The van der Waals surface area contributed by atoms with E-state index in [2.05, 4.69) is 52.9 Å². The summed E-state index contributed by atoms with van der Waals surface area (Å²) in [4.78, 5) is 11.6. The Morgan fingerprint density at radius 2 is 2.12 bits per heavy atom. The molecule has 2 aromatic carbocycles. The minimum Gasteiger partial charge on any atom is -0.489 e. The van der Waals surface area contributed by atoms with Gasteiger partial charge >= 0.3 is 5.97 Å². The average molecular weight is 454 g/mol. The van der Waals surface area contributed by atoms with Gasteiger partial charge in [0.05, 0.1) is 18.8 Å². The largest absolute Gasteiger partial charge is 0.489 e. The third-order valence-electron chi connectivity index (χ3n) is 4.02. The fraction of sp³-hybridized carbons (Fsp3) is 0.316. The average Bonchev–Trinajstić information content (AvgIpc) is 2.76. The van der Waals surface area contributed by atoms with Gasteiger partial charge in [-0.1, -0.05) is 59.0 Å². The first kappa shape index (κ1) is 17.6. The van der Waals surface area contributed by atoms with Gasteiger partial charge in [-0.2, -0.15) is 0 Å². The normalized spacial score (nSPS) is 15.7. The highest BCUT2D eigenvalue weighted by Crippen LogP contribution is 2.44. The highest BCUT2D eigenvalue weighted by Gasteiger charge is 2.25. The van der Waals surface area contributed by atoms with E-state index < -0.39 is 0 Å². The van der Waals surface area contributed by atoms with Gasteiger partial charge in [0.25, 0.3) is 0 Å². The Balaban J connectivity index is 2.02. The van der Waals surface area contributed by atoms with Crippen molar-refractivity contribution in [1.29, 1.82) is 0 Å². The van der Waals surface area contributed by atoms with Crippen LogP contribution >= 0.6 is 34.4 Å². The van der Waals surface area contributed by atoms with Crippen molar-refractivity contribution in [2.24, 2.45) is 0 Å². The lowest BCUT2D eigenvalue weighted by atomic mass is 9.98. The maximum atomic E-state index is 11.6. The van der Waals surface area contributed by atoms with Crippen molar-refractivity contribution >= 4 is 40.3 Å². The molecule has 0 N–H and O–H groups in total. The minimum atomic E-state index is -0.221. The first-order chi connectivity index (χ1) is 11.7. The van der Waals surface area contributed by atoms with Gasteiger partial charge < -0.3 is 9.47 Å². The van der Waals surface area contributed by atoms with Crippen molar-refractivity contribution in [1.82, 2.24) is 0 Å². The number of benzene rings is 2. The summed E-state index contributed by atoms with van der Waals surface area (Å²) in [6.07, 6.45) is 0.287. The van der Waals surface area contributed by atoms with Crippen LogP contribution in [0.4, 0.5) is 0 Å². The molecule has 0 bridgehead atoms. The van der Waals surface area contributed by atoms with Crippen LogP contribution in [0.1, 0.15) is 27.5 Å². The van der Waals surface area contributed by atoms with E-state index in [4.69, 9.17) is 9.47 Å². The van der Waals surface area contributed by atoms with E-state index in [1.165, 1.54) is 18.2 Å². The van der Waals surface area contributed by atoms with Crippen LogP contribution in [0.15, 0.2) is 42.5 Å². The molecule has 1 heterocycles. The number of methoxy groups -OCH3 is 1. The van der Waals surface area contributed by atoms with Crippen LogP contribution in [-0.2, 0) is 22.6 Å². The lowest BCUT2D eigenvalue weighted by Gasteiger charge is -2.19. The summed E-state index contributed by atoms with van der Waals surface area (Å²) in [7, 11) is 1.42. The molecule has 2 aromatic rings. The van der Waals surface area contributed by atoms with Crippen LogP contribution in [0.5, 0.6) is 5.75 Å².